The summed E-state index contributed by atoms with van der Waals surface area (Å²) in [6.45, 7) is 9.76. The lowest BCUT2D eigenvalue weighted by Crippen LogP contribution is -2.02. The van der Waals surface area contributed by atoms with E-state index in [4.69, 9.17) is 0 Å². The molecule has 0 spiro atoms. The molecule has 2 rings (SSSR count). The van der Waals surface area contributed by atoms with Crippen LogP contribution in [-0.2, 0) is 0 Å². The maximum absolute atomic E-state index is 13.2. The summed E-state index contributed by atoms with van der Waals surface area (Å²) in [4.78, 5) is 0. The first-order valence-electron chi connectivity index (χ1n) is 6.44. The average molecular weight is 287 g/mol. The number of hydrogen-bond donors (Lipinski definition) is 1. The largest absolute Gasteiger partial charge is 0.355 e. The first-order valence-corrected chi connectivity index (χ1v) is 6.44. The van der Waals surface area contributed by atoms with Crippen LogP contribution in [0.1, 0.15) is 11.1 Å². The summed E-state index contributed by atoms with van der Waals surface area (Å²) < 4.78 is 27.9. The second-order valence-electron chi connectivity index (χ2n) is 4.93. The van der Waals surface area contributed by atoms with Crippen LogP contribution in [0.2, 0.25) is 0 Å². The Hall–Kier alpha value is -2.49. The van der Waals surface area contributed by atoms with Crippen LogP contribution in [0, 0.1) is 18.6 Å². The lowest BCUT2D eigenvalue weighted by Gasteiger charge is -2.13. The number of hydrogen-bond acceptors (Lipinski definition) is 1. The van der Waals surface area contributed by atoms with Crippen molar-refractivity contribution in [3.8, 4) is 0 Å². The van der Waals surface area contributed by atoms with Crippen LogP contribution in [0.4, 0.5) is 20.2 Å². The standard InChI is InChI=1S/C17H17F2N2/c1-11-5-7-14(21(3)4)10-15(11)12(2)20-13-6-8-16(18)17(19)9-13/h5-10,20H,2-3H2,1,4H3/q+1. The van der Waals surface area contributed by atoms with Crippen molar-refractivity contribution in [2.75, 3.05) is 12.4 Å². The lowest BCUT2D eigenvalue weighted by atomic mass is 10.0. The summed E-state index contributed by atoms with van der Waals surface area (Å²) in [5.74, 6) is -1.77. The quantitative estimate of drug-likeness (QED) is 0.653. The summed E-state index contributed by atoms with van der Waals surface area (Å²) in [5, 5.41) is 2.99. The molecule has 0 amide bonds. The lowest BCUT2D eigenvalue weighted by molar-refractivity contribution is -0.394. The van der Waals surface area contributed by atoms with E-state index >= 15 is 0 Å². The average Bonchev–Trinajstić information content (AvgIpc) is 2.43. The van der Waals surface area contributed by atoms with Gasteiger partial charge >= 0.3 is 0 Å². The predicted octanol–water partition coefficient (Wildman–Crippen LogP) is 4.33. The minimum absolute atomic E-state index is 0.451. The highest BCUT2D eigenvalue weighted by atomic mass is 19.2. The first-order chi connectivity index (χ1) is 9.88. The minimum Gasteiger partial charge on any atom is -0.355 e. The molecule has 0 atom stereocenters. The topological polar surface area (TPSA) is 15.0 Å². The van der Waals surface area contributed by atoms with Crippen molar-refractivity contribution in [3.63, 3.8) is 0 Å². The summed E-state index contributed by atoms with van der Waals surface area (Å²) >= 11 is 0. The van der Waals surface area contributed by atoms with Gasteiger partial charge in [0.2, 0.25) is 5.69 Å². The number of benzene rings is 2. The molecule has 0 saturated carbocycles. The Morgan fingerprint density at radius 2 is 1.81 bits per heavy atom. The fourth-order valence-electron chi connectivity index (χ4n) is 1.99. The summed E-state index contributed by atoms with van der Waals surface area (Å²) in [6.07, 6.45) is 0. The Balaban J connectivity index is 2.29. The number of halogens is 2. The normalized spacial score (nSPS) is 10.3. The van der Waals surface area contributed by atoms with E-state index in [0.29, 0.717) is 11.4 Å². The van der Waals surface area contributed by atoms with Gasteiger partial charge in [-0.25, -0.2) is 13.4 Å². The molecule has 2 aromatic carbocycles. The highest BCUT2D eigenvalue weighted by molar-refractivity contribution is 5.77. The third-order valence-electron chi connectivity index (χ3n) is 3.20. The van der Waals surface area contributed by atoms with Gasteiger partial charge in [-0.1, -0.05) is 12.6 Å². The fraction of sp³-hybridized carbons (Fsp3) is 0.118. The third kappa shape index (κ3) is 3.34. The highest BCUT2D eigenvalue weighted by Crippen LogP contribution is 2.25. The van der Waals surface area contributed by atoms with E-state index in [0.717, 1.165) is 28.9 Å². The molecular formula is C17H17F2N2+. The second kappa shape index (κ2) is 5.87. The number of aryl methyl sites for hydroxylation is 1. The highest BCUT2D eigenvalue weighted by Gasteiger charge is 2.10. The van der Waals surface area contributed by atoms with Gasteiger partial charge in [0.05, 0.1) is 0 Å². The summed E-state index contributed by atoms with van der Waals surface area (Å²) in [6, 6.07) is 9.51. The zero-order valence-corrected chi connectivity index (χ0v) is 12.1. The van der Waals surface area contributed by atoms with E-state index in [1.54, 1.807) is 4.58 Å². The van der Waals surface area contributed by atoms with E-state index in [-0.39, 0.29) is 0 Å². The van der Waals surface area contributed by atoms with Crippen LogP contribution in [0.3, 0.4) is 0 Å². The molecule has 4 heteroatoms. The molecule has 2 aromatic rings. The maximum Gasteiger partial charge on any atom is 0.205 e. The van der Waals surface area contributed by atoms with Crippen molar-refractivity contribution in [2.45, 2.75) is 6.92 Å². The maximum atomic E-state index is 13.2. The van der Waals surface area contributed by atoms with Crippen molar-refractivity contribution < 1.29 is 13.4 Å². The molecule has 0 saturated heterocycles. The molecule has 108 valence electrons. The van der Waals surface area contributed by atoms with E-state index in [1.165, 1.54) is 6.07 Å². The molecule has 0 aliphatic carbocycles. The second-order valence-corrected chi connectivity index (χ2v) is 4.93. The zero-order chi connectivity index (χ0) is 15.6. The zero-order valence-electron chi connectivity index (χ0n) is 12.1. The number of nitrogens with one attached hydrogen (secondary N) is 1. The Bertz CT molecular complexity index is 721. The van der Waals surface area contributed by atoms with Gasteiger partial charge in [-0.15, -0.1) is 0 Å². The molecule has 1 N–H and O–H groups in total. The van der Waals surface area contributed by atoms with Crippen LogP contribution < -0.4 is 5.32 Å². The van der Waals surface area contributed by atoms with Gasteiger partial charge in [-0.3, -0.25) is 0 Å². The van der Waals surface area contributed by atoms with Gasteiger partial charge in [0.1, 0.15) is 13.8 Å². The van der Waals surface area contributed by atoms with E-state index in [9.17, 15) is 8.78 Å². The molecule has 0 bridgehead atoms. The SMILES string of the molecule is C=C(Nc1ccc(F)c(F)c1)c1cc([N+](=C)C)ccc1C. The van der Waals surface area contributed by atoms with Crippen molar-refractivity contribution in [2.24, 2.45) is 0 Å². The van der Waals surface area contributed by atoms with Crippen molar-refractivity contribution in [1.29, 1.82) is 0 Å². The molecule has 21 heavy (non-hydrogen) atoms. The van der Waals surface area contributed by atoms with Crippen molar-refractivity contribution in [1.82, 2.24) is 0 Å². The minimum atomic E-state index is -0.893. The Kier molecular flexibility index (Phi) is 4.17. The summed E-state index contributed by atoms with van der Waals surface area (Å²) in [5.41, 5.74) is 3.92. The molecule has 0 unspecified atom stereocenters. The number of rotatable bonds is 4. The smallest absolute Gasteiger partial charge is 0.205 e. The molecule has 0 heterocycles. The van der Waals surface area contributed by atoms with E-state index in [2.05, 4.69) is 18.6 Å². The van der Waals surface area contributed by atoms with Crippen LogP contribution >= 0.6 is 0 Å². The van der Waals surface area contributed by atoms with E-state index in [1.807, 2.05) is 32.2 Å². The fourth-order valence-corrected chi connectivity index (χ4v) is 1.99. The van der Waals surface area contributed by atoms with Gasteiger partial charge in [-0.2, -0.15) is 0 Å². The molecule has 2 nitrogen and oxygen atoms in total. The molecule has 0 radical (unpaired) electrons. The van der Waals surface area contributed by atoms with Gasteiger partial charge in [-0.05, 0) is 24.6 Å². The monoisotopic (exact) mass is 287 g/mol. The van der Waals surface area contributed by atoms with Gasteiger partial charge in [0.25, 0.3) is 0 Å². The Labute approximate surface area is 123 Å². The van der Waals surface area contributed by atoms with Crippen LogP contribution in [-0.4, -0.2) is 18.3 Å². The Morgan fingerprint density at radius 1 is 1.10 bits per heavy atom. The van der Waals surface area contributed by atoms with Crippen LogP contribution in [0.25, 0.3) is 5.70 Å². The molecule has 0 aromatic heterocycles. The van der Waals surface area contributed by atoms with Crippen LogP contribution in [0.5, 0.6) is 0 Å². The summed E-state index contributed by atoms with van der Waals surface area (Å²) in [7, 11) is 1.85. The van der Waals surface area contributed by atoms with Crippen LogP contribution in [0.15, 0.2) is 43.0 Å². The molecule has 0 aliphatic heterocycles. The first kappa shape index (κ1) is 14.9. The molecule has 0 aliphatic rings. The van der Waals surface area contributed by atoms with Gasteiger partial charge in [0.15, 0.2) is 11.6 Å². The third-order valence-corrected chi connectivity index (χ3v) is 3.20. The predicted molar refractivity (Wildman–Crippen MR) is 83.2 cm³/mol. The van der Waals surface area contributed by atoms with Gasteiger partial charge < -0.3 is 5.32 Å². The number of nitrogens with zero attached hydrogens (tertiary/aromatic N) is 1. The van der Waals surface area contributed by atoms with Crippen molar-refractivity contribution >= 4 is 23.8 Å². The van der Waals surface area contributed by atoms with Crippen molar-refractivity contribution in [3.05, 3.63) is 65.7 Å². The Morgan fingerprint density at radius 3 is 2.43 bits per heavy atom. The molecule has 0 fully saturated rings. The van der Waals surface area contributed by atoms with E-state index < -0.39 is 11.6 Å². The number of anilines is 1. The molecular weight excluding hydrogens is 270 g/mol. The van der Waals surface area contributed by atoms with Gasteiger partial charge in [0, 0.05) is 35.1 Å².